The van der Waals surface area contributed by atoms with Gasteiger partial charge in [-0.25, -0.2) is 0 Å². The molecule has 0 saturated carbocycles. The van der Waals surface area contributed by atoms with Crippen molar-refractivity contribution in [3.8, 4) is 0 Å². The molecule has 0 unspecified atom stereocenters. The molecule has 3 heteroatoms. The molecule has 0 bridgehead atoms. The highest BCUT2D eigenvalue weighted by Crippen LogP contribution is 2.26. The number of hydrogen-bond acceptors (Lipinski definition) is 1. The Balaban J connectivity index is 3.79. The third-order valence-corrected chi connectivity index (χ3v) is 2.74. The number of thiocarbonyl (C=S) groups is 1. The highest BCUT2D eigenvalue weighted by atomic mass is 79.9. The van der Waals surface area contributed by atoms with Crippen molar-refractivity contribution in [2.24, 2.45) is 0 Å². The van der Waals surface area contributed by atoms with Gasteiger partial charge in [-0.05, 0) is 13.8 Å². The highest BCUT2D eigenvalue weighted by Gasteiger charge is 2.16. The molecule has 0 saturated heterocycles. The third-order valence-electron chi connectivity index (χ3n) is 0.618. The molecule has 0 fully saturated rings. The zero-order valence-electron chi connectivity index (χ0n) is 4.16. The van der Waals surface area contributed by atoms with E-state index in [1.165, 1.54) is 0 Å². The van der Waals surface area contributed by atoms with Crippen molar-refractivity contribution >= 4 is 48.9 Å². The van der Waals surface area contributed by atoms with Crippen LogP contribution in [0.4, 0.5) is 0 Å². The third kappa shape index (κ3) is 3.62. The van der Waals surface area contributed by atoms with Crippen molar-refractivity contribution in [2.75, 3.05) is 0 Å². The second-order valence-corrected chi connectivity index (χ2v) is 6.29. The van der Waals surface area contributed by atoms with Crippen molar-refractivity contribution in [1.82, 2.24) is 0 Å². The van der Waals surface area contributed by atoms with Gasteiger partial charge in [0, 0.05) is 4.86 Å². The van der Waals surface area contributed by atoms with E-state index in [0.717, 1.165) is 4.86 Å². The summed E-state index contributed by atoms with van der Waals surface area (Å²) >= 11 is 11.5. The van der Waals surface area contributed by atoms with E-state index in [-0.39, 0.29) is 3.23 Å². The minimum atomic E-state index is -0.144. The van der Waals surface area contributed by atoms with Crippen LogP contribution in [0.5, 0.6) is 0 Å². The molecule has 7 heavy (non-hydrogen) atoms. The minimum Gasteiger partial charge on any atom is -0.0875 e. The van der Waals surface area contributed by atoms with Crippen molar-refractivity contribution in [3.63, 3.8) is 0 Å². The average molecular weight is 246 g/mol. The number of hydrogen-bond donors (Lipinski definition) is 0. The van der Waals surface area contributed by atoms with Gasteiger partial charge in [0.05, 0.1) is 0 Å². The molecule has 42 valence electrons. The fourth-order valence-corrected chi connectivity index (χ4v) is 0. The van der Waals surface area contributed by atoms with Crippen molar-refractivity contribution in [2.45, 2.75) is 17.1 Å². The fourth-order valence-electron chi connectivity index (χ4n) is 0. The van der Waals surface area contributed by atoms with Gasteiger partial charge in [-0.3, -0.25) is 0 Å². The summed E-state index contributed by atoms with van der Waals surface area (Å²) in [5.74, 6) is 0. The monoisotopic (exact) mass is 244 g/mol. The fraction of sp³-hybridized carbons (Fsp3) is 0.750. The normalized spacial score (nSPS) is 11.4. The van der Waals surface area contributed by atoms with Crippen LogP contribution in [-0.2, 0) is 0 Å². The van der Waals surface area contributed by atoms with E-state index in [9.17, 15) is 0 Å². The van der Waals surface area contributed by atoms with Crippen LogP contribution in [0.3, 0.4) is 0 Å². The molecular weight excluding hydrogens is 240 g/mol. The zero-order chi connectivity index (χ0) is 6.08. The van der Waals surface area contributed by atoms with Gasteiger partial charge in [0.1, 0.15) is 3.23 Å². The van der Waals surface area contributed by atoms with Gasteiger partial charge in [-0.1, -0.05) is 44.1 Å². The molecule has 0 spiro atoms. The predicted molar refractivity (Wildman–Crippen MR) is 44.5 cm³/mol. The molecule has 0 aromatic carbocycles. The van der Waals surface area contributed by atoms with Crippen LogP contribution in [0, 0.1) is 0 Å². The maximum absolute atomic E-state index is 4.84. The van der Waals surface area contributed by atoms with Gasteiger partial charge in [0.2, 0.25) is 0 Å². The topological polar surface area (TPSA) is 0 Å². The van der Waals surface area contributed by atoms with E-state index in [1.54, 1.807) is 0 Å². The number of halogens is 2. The zero-order valence-corrected chi connectivity index (χ0v) is 8.15. The van der Waals surface area contributed by atoms with Gasteiger partial charge in [0.15, 0.2) is 0 Å². The molecule has 0 radical (unpaired) electrons. The summed E-state index contributed by atoms with van der Waals surface area (Å²) in [7, 11) is 0. The molecule has 0 aliphatic heterocycles. The van der Waals surface area contributed by atoms with Crippen LogP contribution >= 0.6 is 44.1 Å². The van der Waals surface area contributed by atoms with Gasteiger partial charge >= 0.3 is 0 Å². The van der Waals surface area contributed by atoms with Crippen LogP contribution in [0.1, 0.15) is 13.8 Å². The Morgan fingerprint density at radius 2 is 1.71 bits per heavy atom. The molecule has 0 amide bonds. The molecule has 0 aliphatic rings. The number of alkyl halides is 2. The standard InChI is InChI=1S/C4H6Br2S/c1-3(7)4(2,5)6/h1-2H3. The second-order valence-electron chi connectivity index (χ2n) is 1.44. The lowest BCUT2D eigenvalue weighted by molar-refractivity contribution is 1.29. The first-order valence-electron chi connectivity index (χ1n) is 1.83. The molecule has 0 atom stereocenters. The Morgan fingerprint density at radius 1 is 1.57 bits per heavy atom. The van der Waals surface area contributed by atoms with E-state index in [1.807, 2.05) is 13.8 Å². The smallest absolute Gasteiger partial charge is 0.0875 e. The molecule has 0 nitrogen and oxygen atoms in total. The molecule has 0 heterocycles. The summed E-state index contributed by atoms with van der Waals surface area (Å²) in [6.45, 7) is 3.84. The van der Waals surface area contributed by atoms with Crippen LogP contribution in [0.2, 0.25) is 0 Å². The van der Waals surface area contributed by atoms with Gasteiger partial charge < -0.3 is 0 Å². The Kier molecular flexibility index (Phi) is 2.94. The summed E-state index contributed by atoms with van der Waals surface area (Å²) in [5.41, 5.74) is 0. The predicted octanol–water partition coefficient (Wildman–Crippen LogP) is 2.88. The van der Waals surface area contributed by atoms with Crippen molar-refractivity contribution in [3.05, 3.63) is 0 Å². The molecule has 0 aromatic heterocycles. The van der Waals surface area contributed by atoms with Gasteiger partial charge in [0.25, 0.3) is 0 Å². The van der Waals surface area contributed by atoms with Crippen LogP contribution in [0.25, 0.3) is 0 Å². The maximum Gasteiger partial charge on any atom is 0.108 e. The Bertz CT molecular complexity index is 82.2. The lowest BCUT2D eigenvalue weighted by Gasteiger charge is -2.09. The second kappa shape index (κ2) is 2.55. The van der Waals surface area contributed by atoms with E-state index < -0.39 is 0 Å². The van der Waals surface area contributed by atoms with Crippen LogP contribution < -0.4 is 0 Å². The summed E-state index contributed by atoms with van der Waals surface area (Å²) in [6, 6.07) is 0. The quantitative estimate of drug-likeness (QED) is 0.506. The summed E-state index contributed by atoms with van der Waals surface area (Å²) in [5, 5.41) is 0. The summed E-state index contributed by atoms with van der Waals surface area (Å²) < 4.78 is -0.144. The number of rotatable bonds is 1. The SMILES string of the molecule is CC(=S)C(C)(Br)Br. The Morgan fingerprint density at radius 3 is 1.71 bits per heavy atom. The lowest BCUT2D eigenvalue weighted by atomic mass is 10.4. The van der Waals surface area contributed by atoms with E-state index in [2.05, 4.69) is 31.9 Å². The Hall–Kier alpha value is 1.05. The highest BCUT2D eigenvalue weighted by molar-refractivity contribution is 9.26. The average Bonchev–Trinajstić information content (AvgIpc) is 1.31. The summed E-state index contributed by atoms with van der Waals surface area (Å²) in [4.78, 5) is 0.910. The summed E-state index contributed by atoms with van der Waals surface area (Å²) in [6.07, 6.45) is 0. The lowest BCUT2D eigenvalue weighted by Crippen LogP contribution is -2.13. The molecule has 0 aliphatic carbocycles. The van der Waals surface area contributed by atoms with Crippen LogP contribution in [0.15, 0.2) is 0 Å². The van der Waals surface area contributed by atoms with E-state index in [0.29, 0.717) is 0 Å². The Labute approximate surface area is 65.9 Å². The first-order valence-corrected chi connectivity index (χ1v) is 3.83. The first kappa shape index (κ1) is 8.05. The molecule has 0 aromatic rings. The van der Waals surface area contributed by atoms with Crippen molar-refractivity contribution in [1.29, 1.82) is 0 Å². The van der Waals surface area contributed by atoms with E-state index in [4.69, 9.17) is 12.2 Å². The maximum atomic E-state index is 4.84. The van der Waals surface area contributed by atoms with Crippen LogP contribution in [-0.4, -0.2) is 8.10 Å². The van der Waals surface area contributed by atoms with E-state index >= 15 is 0 Å². The molecule has 0 rings (SSSR count). The minimum absolute atomic E-state index is 0.144. The molecular formula is C4H6Br2S. The largest absolute Gasteiger partial charge is 0.108 e. The van der Waals surface area contributed by atoms with Crippen molar-refractivity contribution < 1.29 is 0 Å². The molecule has 0 N–H and O–H groups in total. The first-order chi connectivity index (χ1) is 2.94. The van der Waals surface area contributed by atoms with Gasteiger partial charge in [-0.2, -0.15) is 0 Å². The van der Waals surface area contributed by atoms with Gasteiger partial charge in [-0.15, -0.1) is 0 Å².